The number of hydrazone groups is 1. The van der Waals surface area contributed by atoms with Crippen LogP contribution in [0.1, 0.15) is 0 Å². The minimum absolute atomic E-state index is 0. The standard InChI is InChI=1S/CH4N4.Zn/c2-4-1-5-3;/h1-2H,3H2;. The molecular formula is CH4N4Zn. The van der Waals surface area contributed by atoms with E-state index in [0.717, 1.165) is 6.34 Å². The molecule has 0 unspecified atom stereocenters. The molecule has 0 atom stereocenters. The number of nitrogens with two attached hydrogens (primary N) is 1. The van der Waals surface area contributed by atoms with E-state index < -0.39 is 0 Å². The Morgan fingerprint density at radius 2 is 2.17 bits per heavy atom. The smallest absolute Gasteiger partial charge is 0.156 e. The van der Waals surface area contributed by atoms with Gasteiger partial charge in [0.25, 0.3) is 0 Å². The van der Waals surface area contributed by atoms with Gasteiger partial charge in [-0.2, -0.15) is 5.10 Å². The molecule has 0 aliphatic carbocycles. The zero-order valence-corrected chi connectivity index (χ0v) is 6.22. The zero-order valence-electron chi connectivity index (χ0n) is 3.26. The van der Waals surface area contributed by atoms with Crippen LogP contribution in [0.25, 0.3) is 0 Å². The fraction of sp³-hybridized carbons (Fsp3) is 0. The summed E-state index contributed by atoms with van der Waals surface area (Å²) in [6, 6.07) is 0. The summed E-state index contributed by atoms with van der Waals surface area (Å²) < 4.78 is 0. The van der Waals surface area contributed by atoms with Crippen LogP contribution in [0.15, 0.2) is 10.2 Å². The summed E-state index contributed by atoms with van der Waals surface area (Å²) >= 11 is 0. The largest absolute Gasteiger partial charge is 0.322 e. The van der Waals surface area contributed by atoms with Crippen molar-refractivity contribution in [2.45, 2.75) is 0 Å². The van der Waals surface area contributed by atoms with Gasteiger partial charge in [-0.05, 0) is 0 Å². The Hall–Kier alpha value is -0.307. The maximum Gasteiger partial charge on any atom is 0.156 e. The molecule has 0 radical (unpaired) electrons. The van der Waals surface area contributed by atoms with Crippen molar-refractivity contribution < 1.29 is 19.5 Å². The fourth-order valence-electron chi connectivity index (χ4n) is 0.0333. The predicted octanol–water partition coefficient (Wildman–Crippen LogP) is -0.0831. The van der Waals surface area contributed by atoms with Crippen LogP contribution in [0, 0.1) is 5.53 Å². The third-order valence-corrected chi connectivity index (χ3v) is 0.124. The van der Waals surface area contributed by atoms with Crippen molar-refractivity contribution in [2.24, 2.45) is 16.1 Å². The van der Waals surface area contributed by atoms with Gasteiger partial charge in [0.15, 0.2) is 6.34 Å². The third-order valence-electron chi connectivity index (χ3n) is 0.124. The van der Waals surface area contributed by atoms with E-state index in [-0.39, 0.29) is 19.5 Å². The molecule has 0 spiro atoms. The first-order valence-electron chi connectivity index (χ1n) is 0.998. The van der Waals surface area contributed by atoms with Crippen LogP contribution in [0.2, 0.25) is 0 Å². The minimum Gasteiger partial charge on any atom is -0.322 e. The molecule has 0 fully saturated rings. The van der Waals surface area contributed by atoms with Crippen molar-refractivity contribution in [3.8, 4) is 0 Å². The molecule has 0 amide bonds. The Labute approximate surface area is 48.1 Å². The van der Waals surface area contributed by atoms with Crippen LogP contribution in [-0.4, -0.2) is 6.34 Å². The first kappa shape index (κ1) is 9.19. The first-order chi connectivity index (χ1) is 2.41. The van der Waals surface area contributed by atoms with Crippen molar-refractivity contribution in [2.75, 3.05) is 0 Å². The molecule has 0 bridgehead atoms. The Balaban J connectivity index is 0. The monoisotopic (exact) mass is 136 g/mol. The second-order valence-corrected chi connectivity index (χ2v) is 0.394. The minimum atomic E-state index is 0. The maximum absolute atomic E-state index is 6.00. The van der Waals surface area contributed by atoms with Crippen LogP contribution >= 0.6 is 0 Å². The molecule has 0 aromatic heterocycles. The average molecular weight is 137 g/mol. The molecule has 3 N–H and O–H groups in total. The van der Waals surface area contributed by atoms with Crippen molar-refractivity contribution in [3.63, 3.8) is 0 Å². The third kappa shape index (κ3) is 9.34. The Bertz CT molecular complexity index is 49.5. The summed E-state index contributed by atoms with van der Waals surface area (Å²) in [4.78, 5) is 0. The normalized spacial score (nSPS) is 7.33. The molecule has 0 aliphatic heterocycles. The number of hydrogen-bond donors (Lipinski definition) is 2. The summed E-state index contributed by atoms with van der Waals surface area (Å²) in [5, 5.41) is 5.56. The molecule has 0 aromatic carbocycles. The second kappa shape index (κ2) is 8.83. The summed E-state index contributed by atoms with van der Waals surface area (Å²) in [5.41, 5.74) is 6.00. The van der Waals surface area contributed by atoms with Gasteiger partial charge in [-0.1, -0.05) is 0 Å². The molecule has 5 heteroatoms. The fourth-order valence-corrected chi connectivity index (χ4v) is 0.0333. The SMILES string of the molecule is N=NC=NN.[Zn]. The average Bonchev–Trinajstić information content (AvgIpc) is 1.41. The van der Waals surface area contributed by atoms with Crippen molar-refractivity contribution in [3.05, 3.63) is 0 Å². The quantitative estimate of drug-likeness (QED) is 0.130. The number of hydrogen-bond acceptors (Lipinski definition) is 3. The van der Waals surface area contributed by atoms with Crippen molar-refractivity contribution in [1.82, 2.24) is 0 Å². The van der Waals surface area contributed by atoms with Crippen LogP contribution in [0.5, 0.6) is 0 Å². The van der Waals surface area contributed by atoms with E-state index in [0.29, 0.717) is 0 Å². The molecule has 0 rings (SSSR count). The summed E-state index contributed by atoms with van der Waals surface area (Å²) in [7, 11) is 0. The topological polar surface area (TPSA) is 74.6 Å². The zero-order chi connectivity index (χ0) is 4.12. The molecule has 30 valence electrons. The predicted molar refractivity (Wildman–Crippen MR) is 17.8 cm³/mol. The van der Waals surface area contributed by atoms with Gasteiger partial charge >= 0.3 is 0 Å². The molecule has 0 aliphatic rings. The van der Waals surface area contributed by atoms with Gasteiger partial charge in [-0.3, -0.25) is 0 Å². The number of nitrogens with zero attached hydrogens (tertiary/aromatic N) is 2. The van der Waals surface area contributed by atoms with E-state index in [9.17, 15) is 0 Å². The van der Waals surface area contributed by atoms with Gasteiger partial charge in [0.05, 0.1) is 0 Å². The van der Waals surface area contributed by atoms with E-state index >= 15 is 0 Å². The second-order valence-electron chi connectivity index (χ2n) is 0.394. The Kier molecular flexibility index (Phi) is 13.5. The molecule has 6 heavy (non-hydrogen) atoms. The molecule has 0 saturated heterocycles. The molecule has 4 nitrogen and oxygen atoms in total. The van der Waals surface area contributed by atoms with Gasteiger partial charge < -0.3 is 5.84 Å². The maximum atomic E-state index is 6.00. The summed E-state index contributed by atoms with van der Waals surface area (Å²) in [6.07, 6.45) is 0.944. The molecular weight excluding hydrogens is 133 g/mol. The van der Waals surface area contributed by atoms with Crippen LogP contribution < -0.4 is 5.84 Å². The van der Waals surface area contributed by atoms with Crippen molar-refractivity contribution in [1.29, 1.82) is 5.53 Å². The number of nitrogens with one attached hydrogen (secondary N) is 1. The van der Waals surface area contributed by atoms with Gasteiger partial charge in [0, 0.05) is 19.5 Å². The molecule has 0 heterocycles. The van der Waals surface area contributed by atoms with Gasteiger partial charge in [-0.15, -0.1) is 5.11 Å². The van der Waals surface area contributed by atoms with Crippen LogP contribution in [0.4, 0.5) is 0 Å². The van der Waals surface area contributed by atoms with Crippen LogP contribution in [0.3, 0.4) is 0 Å². The molecule has 0 saturated carbocycles. The van der Waals surface area contributed by atoms with E-state index in [2.05, 4.69) is 16.1 Å². The van der Waals surface area contributed by atoms with E-state index in [1.165, 1.54) is 0 Å². The van der Waals surface area contributed by atoms with E-state index in [1.807, 2.05) is 0 Å². The van der Waals surface area contributed by atoms with E-state index in [4.69, 9.17) is 5.53 Å². The van der Waals surface area contributed by atoms with Gasteiger partial charge in [0.2, 0.25) is 0 Å². The Morgan fingerprint density at radius 3 is 2.17 bits per heavy atom. The first-order valence-corrected chi connectivity index (χ1v) is 0.998. The van der Waals surface area contributed by atoms with Gasteiger partial charge in [-0.25, -0.2) is 5.53 Å². The van der Waals surface area contributed by atoms with Crippen molar-refractivity contribution >= 4 is 6.34 Å². The molecule has 0 aromatic rings. The van der Waals surface area contributed by atoms with E-state index in [1.54, 1.807) is 0 Å². The van der Waals surface area contributed by atoms with Gasteiger partial charge in [0.1, 0.15) is 0 Å². The number of rotatable bonds is 1. The summed E-state index contributed by atoms with van der Waals surface area (Å²) in [6.45, 7) is 0. The summed E-state index contributed by atoms with van der Waals surface area (Å²) in [5.74, 6) is 4.49. The van der Waals surface area contributed by atoms with Crippen LogP contribution in [-0.2, 0) is 19.5 Å². The Morgan fingerprint density at radius 1 is 1.67 bits per heavy atom.